The molecule has 5 heteroatoms. The fourth-order valence-corrected chi connectivity index (χ4v) is 3.16. The summed E-state index contributed by atoms with van der Waals surface area (Å²) in [6.45, 7) is 3.17. The summed E-state index contributed by atoms with van der Waals surface area (Å²) in [6.07, 6.45) is 5.16. The molecule has 1 aromatic heterocycles. The van der Waals surface area contributed by atoms with E-state index in [1.165, 1.54) is 18.2 Å². The highest BCUT2D eigenvalue weighted by molar-refractivity contribution is 5.91. The zero-order valence-corrected chi connectivity index (χ0v) is 14.6. The molecular weight excluding hydrogens is 316 g/mol. The van der Waals surface area contributed by atoms with E-state index in [0.717, 1.165) is 17.5 Å². The lowest BCUT2D eigenvalue weighted by molar-refractivity contribution is -0.132. The fraction of sp³-hybridized carbons (Fsp3) is 0.350. The average molecular weight is 338 g/mol. The molecule has 0 spiro atoms. The zero-order chi connectivity index (χ0) is 17.8. The van der Waals surface area contributed by atoms with Crippen LogP contribution in [0.2, 0.25) is 0 Å². The molecule has 25 heavy (non-hydrogen) atoms. The number of carbonyl (C=O) groups excluding carboxylic acids is 2. The van der Waals surface area contributed by atoms with E-state index in [1.807, 2.05) is 4.90 Å². The van der Waals surface area contributed by atoms with Gasteiger partial charge in [0, 0.05) is 31.9 Å². The highest BCUT2D eigenvalue weighted by Gasteiger charge is 2.24. The summed E-state index contributed by atoms with van der Waals surface area (Å²) in [7, 11) is 1.37. The fourth-order valence-electron chi connectivity index (χ4n) is 3.16. The lowest BCUT2D eigenvalue weighted by atomic mass is 9.96. The van der Waals surface area contributed by atoms with E-state index in [9.17, 15) is 9.59 Å². The van der Waals surface area contributed by atoms with Crippen molar-refractivity contribution < 1.29 is 14.3 Å². The van der Waals surface area contributed by atoms with Crippen LogP contribution in [0.15, 0.2) is 36.7 Å². The molecule has 2 heterocycles. The van der Waals surface area contributed by atoms with Crippen LogP contribution in [-0.2, 0) is 28.9 Å². The maximum Gasteiger partial charge on any atom is 0.339 e. The van der Waals surface area contributed by atoms with Crippen LogP contribution in [0.4, 0.5) is 0 Å². The molecule has 0 radical (unpaired) electrons. The van der Waals surface area contributed by atoms with E-state index in [2.05, 4.69) is 36.2 Å². The van der Waals surface area contributed by atoms with Crippen LogP contribution in [0.3, 0.4) is 0 Å². The minimum Gasteiger partial charge on any atom is -0.465 e. The summed E-state index contributed by atoms with van der Waals surface area (Å²) >= 11 is 0. The molecule has 0 unspecified atom stereocenters. The summed E-state index contributed by atoms with van der Waals surface area (Å²) in [4.78, 5) is 30.3. The van der Waals surface area contributed by atoms with Crippen molar-refractivity contribution in [2.75, 3.05) is 13.7 Å². The summed E-state index contributed by atoms with van der Waals surface area (Å²) in [5, 5.41) is 0. The van der Waals surface area contributed by atoms with Gasteiger partial charge in [-0.25, -0.2) is 4.79 Å². The summed E-state index contributed by atoms with van der Waals surface area (Å²) in [5.41, 5.74) is 4.77. The quantitative estimate of drug-likeness (QED) is 0.804. The van der Waals surface area contributed by atoms with Gasteiger partial charge in [0.25, 0.3) is 0 Å². The molecule has 2 aromatic rings. The molecule has 0 saturated heterocycles. The molecule has 1 aliphatic heterocycles. The topological polar surface area (TPSA) is 59.5 Å². The van der Waals surface area contributed by atoms with Gasteiger partial charge in [0.05, 0.1) is 12.7 Å². The van der Waals surface area contributed by atoms with Gasteiger partial charge < -0.3 is 9.64 Å². The van der Waals surface area contributed by atoms with Crippen LogP contribution in [0.1, 0.15) is 39.0 Å². The number of aryl methyl sites for hydroxylation is 2. The molecule has 1 aliphatic rings. The van der Waals surface area contributed by atoms with Gasteiger partial charge in [-0.3, -0.25) is 9.78 Å². The number of ether oxygens (including phenoxy) is 1. The molecule has 130 valence electrons. The highest BCUT2D eigenvalue weighted by atomic mass is 16.5. The molecule has 0 saturated carbocycles. The van der Waals surface area contributed by atoms with E-state index in [1.54, 1.807) is 12.4 Å². The lowest BCUT2D eigenvalue weighted by Crippen LogP contribution is -2.36. The van der Waals surface area contributed by atoms with Crippen molar-refractivity contribution in [3.8, 4) is 0 Å². The number of methoxy groups -OCH3 is 1. The maximum absolute atomic E-state index is 12.5. The molecule has 1 aromatic carbocycles. The SMILES string of the molecule is COC(=O)c1cncc2c1CCN(C(=O)CCc1ccc(C)cc1)C2. The molecule has 0 fully saturated rings. The number of amides is 1. The minimum atomic E-state index is -0.372. The molecule has 1 amide bonds. The van der Waals surface area contributed by atoms with Gasteiger partial charge in [-0.1, -0.05) is 29.8 Å². The lowest BCUT2D eigenvalue weighted by Gasteiger charge is -2.29. The molecule has 0 N–H and O–H groups in total. The zero-order valence-electron chi connectivity index (χ0n) is 14.6. The number of nitrogens with zero attached hydrogens (tertiary/aromatic N) is 2. The molecule has 0 atom stereocenters. The Morgan fingerprint density at radius 3 is 2.68 bits per heavy atom. The number of fused-ring (bicyclic) bond motifs is 1. The van der Waals surface area contributed by atoms with Gasteiger partial charge in [-0.05, 0) is 36.5 Å². The van der Waals surface area contributed by atoms with E-state index in [4.69, 9.17) is 4.74 Å². The first-order valence-corrected chi connectivity index (χ1v) is 8.46. The van der Waals surface area contributed by atoms with Crippen molar-refractivity contribution in [2.45, 2.75) is 32.7 Å². The molecule has 0 aliphatic carbocycles. The van der Waals surface area contributed by atoms with Crippen molar-refractivity contribution >= 4 is 11.9 Å². The van der Waals surface area contributed by atoms with E-state index >= 15 is 0 Å². The number of esters is 1. The van der Waals surface area contributed by atoms with Gasteiger partial charge >= 0.3 is 5.97 Å². The highest BCUT2D eigenvalue weighted by Crippen LogP contribution is 2.23. The molecule has 3 rings (SSSR count). The summed E-state index contributed by atoms with van der Waals surface area (Å²) in [6, 6.07) is 8.27. The van der Waals surface area contributed by atoms with Crippen LogP contribution >= 0.6 is 0 Å². The third kappa shape index (κ3) is 3.87. The average Bonchev–Trinajstić information content (AvgIpc) is 2.65. The Labute approximate surface area is 147 Å². The first-order valence-electron chi connectivity index (χ1n) is 8.46. The maximum atomic E-state index is 12.5. The van der Waals surface area contributed by atoms with Crippen LogP contribution in [0, 0.1) is 6.92 Å². The molecule has 0 bridgehead atoms. The first-order chi connectivity index (χ1) is 12.1. The number of carbonyl (C=O) groups is 2. The van der Waals surface area contributed by atoms with E-state index in [0.29, 0.717) is 31.5 Å². The van der Waals surface area contributed by atoms with Crippen molar-refractivity contribution in [2.24, 2.45) is 0 Å². The van der Waals surface area contributed by atoms with Crippen LogP contribution in [0.25, 0.3) is 0 Å². The molecular formula is C20H22N2O3. The smallest absolute Gasteiger partial charge is 0.339 e. The number of rotatable bonds is 4. The third-order valence-corrected chi connectivity index (χ3v) is 4.65. The predicted octanol–water partition coefficient (Wildman–Crippen LogP) is 2.69. The van der Waals surface area contributed by atoms with Crippen molar-refractivity contribution in [1.29, 1.82) is 0 Å². The van der Waals surface area contributed by atoms with Gasteiger partial charge in [0.2, 0.25) is 5.91 Å². The summed E-state index contributed by atoms with van der Waals surface area (Å²) in [5.74, 6) is -0.238. The Balaban J connectivity index is 1.65. The van der Waals surface area contributed by atoms with Crippen molar-refractivity contribution in [1.82, 2.24) is 9.88 Å². The second kappa shape index (κ2) is 7.47. The van der Waals surface area contributed by atoms with E-state index < -0.39 is 0 Å². The Bertz CT molecular complexity index is 784. The predicted molar refractivity (Wildman–Crippen MR) is 94.2 cm³/mol. The van der Waals surface area contributed by atoms with E-state index in [-0.39, 0.29) is 11.9 Å². The largest absolute Gasteiger partial charge is 0.465 e. The first kappa shape index (κ1) is 17.1. The number of hydrogen-bond donors (Lipinski definition) is 0. The standard InChI is InChI=1S/C20H22N2O3/c1-14-3-5-15(6-4-14)7-8-19(23)22-10-9-17-16(13-22)11-21-12-18(17)20(24)25-2/h3-6,11-12H,7-10,13H2,1-2H3. The van der Waals surface area contributed by atoms with Crippen LogP contribution < -0.4 is 0 Å². The Hall–Kier alpha value is -2.69. The molecule has 5 nitrogen and oxygen atoms in total. The number of aromatic nitrogens is 1. The minimum absolute atomic E-state index is 0.134. The Kier molecular flexibility index (Phi) is 5.12. The van der Waals surface area contributed by atoms with Crippen LogP contribution in [-0.4, -0.2) is 35.4 Å². The van der Waals surface area contributed by atoms with Gasteiger partial charge in [-0.15, -0.1) is 0 Å². The third-order valence-electron chi connectivity index (χ3n) is 4.65. The Morgan fingerprint density at radius 1 is 1.20 bits per heavy atom. The second-order valence-corrected chi connectivity index (χ2v) is 6.37. The van der Waals surface area contributed by atoms with Crippen LogP contribution in [0.5, 0.6) is 0 Å². The second-order valence-electron chi connectivity index (χ2n) is 6.37. The normalized spacial score (nSPS) is 13.3. The van der Waals surface area contributed by atoms with Gasteiger partial charge in [0.1, 0.15) is 0 Å². The number of hydrogen-bond acceptors (Lipinski definition) is 4. The monoisotopic (exact) mass is 338 g/mol. The number of benzene rings is 1. The van der Waals surface area contributed by atoms with Gasteiger partial charge in [0.15, 0.2) is 0 Å². The van der Waals surface area contributed by atoms with Gasteiger partial charge in [-0.2, -0.15) is 0 Å². The van der Waals surface area contributed by atoms with Crippen molar-refractivity contribution in [3.05, 3.63) is 64.5 Å². The number of pyridine rings is 1. The summed E-state index contributed by atoms with van der Waals surface area (Å²) < 4.78 is 4.81. The van der Waals surface area contributed by atoms with Crippen molar-refractivity contribution in [3.63, 3.8) is 0 Å². The Morgan fingerprint density at radius 2 is 1.96 bits per heavy atom.